The molecule has 8 heteroatoms. The van der Waals surface area contributed by atoms with E-state index in [0.717, 1.165) is 21.3 Å². The molecular formula is C25H19BrFNO3S2. The van der Waals surface area contributed by atoms with Crippen LogP contribution in [0.15, 0.2) is 76.1 Å². The number of nitrogens with zero attached hydrogens (tertiary/aromatic N) is 1. The van der Waals surface area contributed by atoms with Crippen LogP contribution in [0.1, 0.15) is 18.1 Å². The summed E-state index contributed by atoms with van der Waals surface area (Å²) in [6, 6.07) is 19.0. The first-order valence-corrected chi connectivity index (χ1v) is 12.1. The quantitative estimate of drug-likeness (QED) is 0.237. The number of benzene rings is 3. The van der Waals surface area contributed by atoms with Crippen LogP contribution in [0.2, 0.25) is 0 Å². The van der Waals surface area contributed by atoms with Crippen LogP contribution in [0, 0.1) is 5.82 Å². The average molecular weight is 544 g/mol. The molecule has 0 spiro atoms. The van der Waals surface area contributed by atoms with Gasteiger partial charge in [0.05, 0.1) is 17.2 Å². The zero-order chi connectivity index (χ0) is 23.4. The molecule has 3 aromatic carbocycles. The monoisotopic (exact) mass is 543 g/mol. The third-order valence-corrected chi connectivity index (χ3v) is 6.56. The standard InChI is InChI=1S/C25H19BrFNO3S2/c1-2-30-21-10-8-20(9-11-21)28-24(29)23(33-25(28)32)14-17-13-18(26)5-12-22(17)31-15-16-3-6-19(27)7-4-16/h3-14H,2,15H2,1H3. The molecule has 1 heterocycles. The summed E-state index contributed by atoms with van der Waals surface area (Å²) in [5, 5.41) is 0. The predicted octanol–water partition coefficient (Wildman–Crippen LogP) is 6.97. The Balaban J connectivity index is 1.56. The molecule has 0 aromatic heterocycles. The van der Waals surface area contributed by atoms with Gasteiger partial charge in [-0.15, -0.1) is 0 Å². The number of halogens is 2. The number of thioether (sulfide) groups is 1. The van der Waals surface area contributed by atoms with Gasteiger partial charge in [-0.05, 0) is 73.2 Å². The first-order chi connectivity index (χ1) is 15.9. The van der Waals surface area contributed by atoms with E-state index in [4.69, 9.17) is 21.7 Å². The van der Waals surface area contributed by atoms with Gasteiger partial charge < -0.3 is 9.47 Å². The van der Waals surface area contributed by atoms with Crippen LogP contribution in [-0.4, -0.2) is 16.8 Å². The molecule has 1 fully saturated rings. The van der Waals surface area contributed by atoms with Gasteiger partial charge in [-0.2, -0.15) is 0 Å². The Morgan fingerprint density at radius 3 is 2.48 bits per heavy atom. The molecule has 4 rings (SSSR count). The highest BCUT2D eigenvalue weighted by Gasteiger charge is 2.33. The summed E-state index contributed by atoms with van der Waals surface area (Å²) in [5.41, 5.74) is 2.26. The minimum Gasteiger partial charge on any atom is -0.494 e. The van der Waals surface area contributed by atoms with Gasteiger partial charge in [0.1, 0.15) is 23.9 Å². The Hall–Kier alpha value is -2.68. The van der Waals surface area contributed by atoms with Crippen LogP contribution in [0.5, 0.6) is 11.5 Å². The number of carbonyl (C=O) groups is 1. The van der Waals surface area contributed by atoms with Crippen molar-refractivity contribution in [3.63, 3.8) is 0 Å². The zero-order valence-corrected chi connectivity index (χ0v) is 20.8. The summed E-state index contributed by atoms with van der Waals surface area (Å²) in [6.45, 7) is 2.76. The van der Waals surface area contributed by atoms with Gasteiger partial charge in [0, 0.05) is 10.0 Å². The van der Waals surface area contributed by atoms with E-state index in [1.54, 1.807) is 18.2 Å². The van der Waals surface area contributed by atoms with E-state index in [2.05, 4.69) is 15.9 Å². The lowest BCUT2D eigenvalue weighted by Gasteiger charge is -2.15. The third-order valence-electron chi connectivity index (χ3n) is 4.77. The lowest BCUT2D eigenvalue weighted by molar-refractivity contribution is -0.113. The van der Waals surface area contributed by atoms with Crippen LogP contribution in [0.4, 0.5) is 10.1 Å². The molecule has 1 saturated heterocycles. The number of thiocarbonyl (C=S) groups is 1. The fourth-order valence-corrected chi connectivity index (χ4v) is 4.86. The molecule has 1 aliphatic rings. The summed E-state index contributed by atoms with van der Waals surface area (Å²) >= 11 is 10.2. The van der Waals surface area contributed by atoms with Crippen molar-refractivity contribution in [2.75, 3.05) is 11.5 Å². The molecule has 168 valence electrons. The lowest BCUT2D eigenvalue weighted by Crippen LogP contribution is -2.27. The molecule has 4 nitrogen and oxygen atoms in total. The molecule has 1 amide bonds. The smallest absolute Gasteiger partial charge is 0.270 e. The number of hydrogen-bond donors (Lipinski definition) is 0. The van der Waals surface area contributed by atoms with Gasteiger partial charge in [-0.3, -0.25) is 9.69 Å². The van der Waals surface area contributed by atoms with E-state index in [0.29, 0.717) is 27.3 Å². The van der Waals surface area contributed by atoms with Crippen molar-refractivity contribution in [2.45, 2.75) is 13.5 Å². The maximum atomic E-state index is 13.2. The Morgan fingerprint density at radius 2 is 1.79 bits per heavy atom. The van der Waals surface area contributed by atoms with Crippen molar-refractivity contribution in [2.24, 2.45) is 0 Å². The number of amides is 1. The van der Waals surface area contributed by atoms with Crippen molar-refractivity contribution in [1.82, 2.24) is 0 Å². The fourth-order valence-electron chi connectivity index (χ4n) is 3.19. The number of ether oxygens (including phenoxy) is 2. The normalized spacial score (nSPS) is 14.8. The van der Waals surface area contributed by atoms with E-state index in [9.17, 15) is 9.18 Å². The molecule has 0 radical (unpaired) electrons. The van der Waals surface area contributed by atoms with E-state index in [1.165, 1.54) is 28.8 Å². The summed E-state index contributed by atoms with van der Waals surface area (Å²) in [7, 11) is 0. The van der Waals surface area contributed by atoms with Crippen molar-refractivity contribution in [3.05, 3.63) is 93.1 Å². The molecule has 0 saturated carbocycles. The topological polar surface area (TPSA) is 38.8 Å². The molecule has 3 aromatic rings. The molecule has 33 heavy (non-hydrogen) atoms. The number of carbonyl (C=O) groups excluding carboxylic acids is 1. The van der Waals surface area contributed by atoms with Crippen molar-refractivity contribution >= 4 is 61.9 Å². The van der Waals surface area contributed by atoms with E-state index < -0.39 is 0 Å². The van der Waals surface area contributed by atoms with E-state index in [-0.39, 0.29) is 18.3 Å². The van der Waals surface area contributed by atoms with Crippen molar-refractivity contribution < 1.29 is 18.7 Å². The van der Waals surface area contributed by atoms with E-state index >= 15 is 0 Å². The van der Waals surface area contributed by atoms with Gasteiger partial charge in [-0.25, -0.2) is 4.39 Å². The zero-order valence-electron chi connectivity index (χ0n) is 17.6. The van der Waals surface area contributed by atoms with Crippen LogP contribution >= 0.6 is 39.9 Å². The van der Waals surface area contributed by atoms with Gasteiger partial charge in [-0.1, -0.05) is 52.0 Å². The summed E-state index contributed by atoms with van der Waals surface area (Å²) in [5.74, 6) is 0.851. The SMILES string of the molecule is CCOc1ccc(N2C(=O)C(=Cc3cc(Br)ccc3OCc3ccc(F)cc3)SC2=S)cc1. The largest absolute Gasteiger partial charge is 0.494 e. The highest BCUT2D eigenvalue weighted by Crippen LogP contribution is 2.38. The molecule has 1 aliphatic heterocycles. The molecule has 0 unspecified atom stereocenters. The van der Waals surface area contributed by atoms with Crippen molar-refractivity contribution in [1.29, 1.82) is 0 Å². The highest BCUT2D eigenvalue weighted by molar-refractivity contribution is 9.10. The minimum absolute atomic E-state index is 0.196. The van der Waals surface area contributed by atoms with Crippen LogP contribution in [0.25, 0.3) is 6.08 Å². The summed E-state index contributed by atoms with van der Waals surface area (Å²) < 4.78 is 25.9. The van der Waals surface area contributed by atoms with Gasteiger partial charge >= 0.3 is 0 Å². The average Bonchev–Trinajstić information content (AvgIpc) is 3.08. The van der Waals surface area contributed by atoms with Gasteiger partial charge in [0.25, 0.3) is 5.91 Å². The van der Waals surface area contributed by atoms with Crippen LogP contribution in [-0.2, 0) is 11.4 Å². The summed E-state index contributed by atoms with van der Waals surface area (Å²) in [4.78, 5) is 15.2. The first kappa shape index (κ1) is 23.5. The maximum Gasteiger partial charge on any atom is 0.270 e. The van der Waals surface area contributed by atoms with Crippen LogP contribution < -0.4 is 14.4 Å². The highest BCUT2D eigenvalue weighted by atomic mass is 79.9. The maximum absolute atomic E-state index is 13.2. The Bertz CT molecular complexity index is 1210. The Morgan fingerprint density at radius 1 is 1.06 bits per heavy atom. The van der Waals surface area contributed by atoms with E-state index in [1.807, 2.05) is 49.4 Å². The second-order valence-corrected chi connectivity index (χ2v) is 9.63. The Kier molecular flexibility index (Phi) is 7.47. The number of rotatable bonds is 7. The van der Waals surface area contributed by atoms with Crippen molar-refractivity contribution in [3.8, 4) is 11.5 Å². The molecule has 0 aliphatic carbocycles. The number of hydrogen-bond acceptors (Lipinski definition) is 5. The minimum atomic E-state index is -0.294. The molecular weight excluding hydrogens is 525 g/mol. The fraction of sp³-hybridized carbons (Fsp3) is 0.120. The van der Waals surface area contributed by atoms with Crippen LogP contribution in [0.3, 0.4) is 0 Å². The van der Waals surface area contributed by atoms with Gasteiger partial charge in [0.2, 0.25) is 0 Å². The summed E-state index contributed by atoms with van der Waals surface area (Å²) in [6.07, 6.45) is 1.78. The second kappa shape index (κ2) is 10.5. The third kappa shape index (κ3) is 5.63. The molecule has 0 bridgehead atoms. The first-order valence-electron chi connectivity index (χ1n) is 10.1. The number of anilines is 1. The second-order valence-electron chi connectivity index (χ2n) is 7.04. The lowest BCUT2D eigenvalue weighted by atomic mass is 10.1. The molecule has 0 N–H and O–H groups in total. The Labute approximate surface area is 209 Å². The van der Waals surface area contributed by atoms with Gasteiger partial charge in [0.15, 0.2) is 4.32 Å². The molecule has 0 atom stereocenters. The predicted molar refractivity (Wildman–Crippen MR) is 138 cm³/mol.